The quantitative estimate of drug-likeness (QED) is 0.351. The average Bonchev–Trinajstić information content (AvgIpc) is 2.66. The van der Waals surface area contributed by atoms with Gasteiger partial charge in [-0.2, -0.15) is 0 Å². The van der Waals surface area contributed by atoms with Crippen LogP contribution in [-0.2, 0) is 0 Å². The highest BCUT2D eigenvalue weighted by Gasteiger charge is 2.08. The van der Waals surface area contributed by atoms with Gasteiger partial charge in [0.1, 0.15) is 17.7 Å². The number of aliphatic imine (C=N–C) groups is 1. The third kappa shape index (κ3) is 7.12. The molecule has 2 aromatic rings. The molecule has 1 unspecified atom stereocenters. The Bertz CT molecular complexity index is 741. The lowest BCUT2D eigenvalue weighted by molar-refractivity contribution is 0.224. The first-order valence-corrected chi connectivity index (χ1v) is 8.17. The van der Waals surface area contributed by atoms with Gasteiger partial charge in [-0.15, -0.1) is 24.0 Å². The lowest BCUT2D eigenvalue weighted by Gasteiger charge is -2.18. The van der Waals surface area contributed by atoms with Gasteiger partial charge in [-0.3, -0.25) is 4.99 Å². The van der Waals surface area contributed by atoms with Gasteiger partial charge in [-0.25, -0.2) is 4.39 Å². The van der Waals surface area contributed by atoms with E-state index >= 15 is 0 Å². The molecule has 148 valence electrons. The summed E-state index contributed by atoms with van der Waals surface area (Å²) in [6, 6.07) is 11.4. The first-order chi connectivity index (χ1) is 12.5. The van der Waals surface area contributed by atoms with E-state index in [-0.39, 0.29) is 35.9 Å². The van der Waals surface area contributed by atoms with Crippen LogP contribution in [0.3, 0.4) is 0 Å². The molecule has 0 saturated carbocycles. The average molecular weight is 489 g/mol. The summed E-state index contributed by atoms with van der Waals surface area (Å²) in [5, 5.41) is 6.36. The summed E-state index contributed by atoms with van der Waals surface area (Å²) in [6.07, 6.45) is -0.135. The third-order valence-corrected chi connectivity index (χ3v) is 3.58. The smallest absolute Gasteiger partial charge is 0.195 e. The first kappa shape index (κ1) is 22.8. The molecule has 6 nitrogen and oxygen atoms in total. The Morgan fingerprint density at radius 3 is 2.33 bits per heavy atom. The van der Waals surface area contributed by atoms with Gasteiger partial charge in [-0.05, 0) is 43.3 Å². The van der Waals surface area contributed by atoms with E-state index in [1.54, 1.807) is 33.4 Å². The zero-order valence-electron chi connectivity index (χ0n) is 15.8. The number of hydrogen-bond donors (Lipinski definition) is 2. The Morgan fingerprint density at radius 2 is 1.74 bits per heavy atom. The molecule has 1 atom stereocenters. The maximum Gasteiger partial charge on any atom is 0.195 e. The minimum Gasteiger partial charge on any atom is -0.493 e. The highest BCUT2D eigenvalue weighted by molar-refractivity contribution is 14.0. The Kier molecular flexibility index (Phi) is 9.70. The topological polar surface area (TPSA) is 64.1 Å². The minimum absolute atomic E-state index is 0. The van der Waals surface area contributed by atoms with Crippen molar-refractivity contribution in [3.05, 3.63) is 48.3 Å². The van der Waals surface area contributed by atoms with Crippen LogP contribution in [0.4, 0.5) is 10.1 Å². The van der Waals surface area contributed by atoms with Crippen LogP contribution < -0.4 is 24.8 Å². The normalized spacial score (nSPS) is 11.8. The van der Waals surface area contributed by atoms with Crippen LogP contribution >= 0.6 is 24.0 Å². The van der Waals surface area contributed by atoms with Gasteiger partial charge in [-0.1, -0.05) is 0 Å². The summed E-state index contributed by atoms with van der Waals surface area (Å²) in [4.78, 5) is 4.19. The number of rotatable bonds is 7. The number of methoxy groups -OCH3 is 2. The summed E-state index contributed by atoms with van der Waals surface area (Å²) < 4.78 is 29.2. The second-order valence-electron chi connectivity index (χ2n) is 5.53. The molecule has 0 aliphatic carbocycles. The monoisotopic (exact) mass is 489 g/mol. The highest BCUT2D eigenvalue weighted by atomic mass is 127. The molecule has 0 bridgehead atoms. The SMILES string of the molecule is CN=C(NCC(C)Oc1ccc(F)cc1)Nc1ccc(OC)c(OC)c1.I. The van der Waals surface area contributed by atoms with Gasteiger partial charge in [0.05, 0.1) is 20.8 Å². The van der Waals surface area contributed by atoms with Gasteiger partial charge in [0, 0.05) is 18.8 Å². The molecule has 0 aliphatic rings. The summed E-state index contributed by atoms with van der Waals surface area (Å²) >= 11 is 0. The number of ether oxygens (including phenoxy) is 3. The number of guanidine groups is 1. The van der Waals surface area contributed by atoms with E-state index in [0.29, 0.717) is 29.8 Å². The van der Waals surface area contributed by atoms with Crippen molar-refractivity contribution in [1.29, 1.82) is 0 Å². The lowest BCUT2D eigenvalue weighted by Crippen LogP contribution is -2.37. The van der Waals surface area contributed by atoms with Crippen molar-refractivity contribution in [3.8, 4) is 17.2 Å². The number of halogens is 2. The van der Waals surface area contributed by atoms with Crippen molar-refractivity contribution < 1.29 is 18.6 Å². The molecule has 0 heterocycles. The maximum absolute atomic E-state index is 12.9. The van der Waals surface area contributed by atoms with Crippen molar-refractivity contribution in [2.24, 2.45) is 4.99 Å². The van der Waals surface area contributed by atoms with Crippen LogP contribution in [0.1, 0.15) is 6.92 Å². The van der Waals surface area contributed by atoms with E-state index in [1.165, 1.54) is 12.1 Å². The second kappa shape index (κ2) is 11.5. The molecule has 0 radical (unpaired) electrons. The van der Waals surface area contributed by atoms with Gasteiger partial charge in [0.25, 0.3) is 0 Å². The number of hydrogen-bond acceptors (Lipinski definition) is 4. The fourth-order valence-corrected chi connectivity index (χ4v) is 2.26. The van der Waals surface area contributed by atoms with Gasteiger partial charge < -0.3 is 24.8 Å². The summed E-state index contributed by atoms with van der Waals surface area (Å²) in [5.41, 5.74) is 0.808. The molecule has 27 heavy (non-hydrogen) atoms. The third-order valence-electron chi connectivity index (χ3n) is 3.58. The van der Waals surface area contributed by atoms with E-state index in [9.17, 15) is 4.39 Å². The molecule has 0 spiro atoms. The number of benzene rings is 2. The van der Waals surface area contributed by atoms with Crippen molar-refractivity contribution in [2.45, 2.75) is 13.0 Å². The molecule has 2 N–H and O–H groups in total. The van der Waals surface area contributed by atoms with Crippen LogP contribution in [0.5, 0.6) is 17.2 Å². The fourth-order valence-electron chi connectivity index (χ4n) is 2.26. The van der Waals surface area contributed by atoms with Crippen LogP contribution in [0.2, 0.25) is 0 Å². The zero-order valence-corrected chi connectivity index (χ0v) is 18.1. The van der Waals surface area contributed by atoms with E-state index in [1.807, 2.05) is 25.1 Å². The lowest BCUT2D eigenvalue weighted by atomic mass is 10.2. The summed E-state index contributed by atoms with van der Waals surface area (Å²) in [6.45, 7) is 2.43. The van der Waals surface area contributed by atoms with E-state index < -0.39 is 0 Å². The molecular weight excluding hydrogens is 464 g/mol. The first-order valence-electron chi connectivity index (χ1n) is 8.17. The van der Waals surface area contributed by atoms with Crippen molar-refractivity contribution >= 4 is 35.6 Å². The second-order valence-corrected chi connectivity index (χ2v) is 5.53. The van der Waals surface area contributed by atoms with Crippen molar-refractivity contribution in [3.63, 3.8) is 0 Å². The molecule has 0 fully saturated rings. The van der Waals surface area contributed by atoms with Crippen molar-refractivity contribution in [1.82, 2.24) is 5.32 Å². The summed E-state index contributed by atoms with van der Waals surface area (Å²) in [5.74, 6) is 2.20. The Labute approximate surface area is 176 Å². The molecule has 2 aromatic carbocycles. The maximum atomic E-state index is 12.9. The predicted octanol–water partition coefficient (Wildman–Crippen LogP) is 3.92. The number of nitrogens with zero attached hydrogens (tertiary/aromatic N) is 1. The predicted molar refractivity (Wildman–Crippen MR) is 116 cm³/mol. The number of nitrogens with one attached hydrogen (secondary N) is 2. The highest BCUT2D eigenvalue weighted by Crippen LogP contribution is 2.29. The molecular formula is C19H25FIN3O3. The van der Waals surface area contributed by atoms with E-state index in [0.717, 1.165) is 5.69 Å². The van der Waals surface area contributed by atoms with E-state index in [2.05, 4.69) is 15.6 Å². The largest absolute Gasteiger partial charge is 0.493 e. The molecule has 8 heteroatoms. The molecule has 0 amide bonds. The molecule has 2 rings (SSSR count). The van der Waals surface area contributed by atoms with Gasteiger partial charge in [0.15, 0.2) is 17.5 Å². The Morgan fingerprint density at radius 1 is 1.07 bits per heavy atom. The number of anilines is 1. The minimum atomic E-state index is -0.289. The van der Waals surface area contributed by atoms with Crippen LogP contribution in [0.25, 0.3) is 0 Å². The van der Waals surface area contributed by atoms with Crippen LogP contribution in [0.15, 0.2) is 47.5 Å². The summed E-state index contributed by atoms with van der Waals surface area (Å²) in [7, 11) is 4.86. The van der Waals surface area contributed by atoms with E-state index in [4.69, 9.17) is 14.2 Å². The zero-order chi connectivity index (χ0) is 18.9. The van der Waals surface area contributed by atoms with Gasteiger partial charge >= 0.3 is 0 Å². The Hall–Kier alpha value is -2.23. The fraction of sp³-hybridized carbons (Fsp3) is 0.316. The van der Waals surface area contributed by atoms with Gasteiger partial charge in [0.2, 0.25) is 0 Å². The van der Waals surface area contributed by atoms with Crippen LogP contribution in [0, 0.1) is 5.82 Å². The Balaban J connectivity index is 0.00000364. The standard InChI is InChI=1S/C19H24FN3O3.HI/c1-13(26-16-8-5-14(20)6-9-16)12-22-19(21-2)23-15-7-10-17(24-3)18(11-15)25-4;/h5-11,13H,12H2,1-4H3,(H2,21,22,23);1H. The molecule has 0 saturated heterocycles. The molecule has 0 aliphatic heterocycles. The van der Waals surface area contributed by atoms with Crippen molar-refractivity contribution in [2.75, 3.05) is 33.1 Å². The molecule has 0 aromatic heterocycles. The van der Waals surface area contributed by atoms with Crippen LogP contribution in [-0.4, -0.2) is 39.9 Å².